The minimum absolute atomic E-state index is 0.0355. The number of benzene rings is 2. The Morgan fingerprint density at radius 3 is 2.52 bits per heavy atom. The van der Waals surface area contributed by atoms with Crippen LogP contribution in [0.1, 0.15) is 16.8 Å². The Morgan fingerprint density at radius 2 is 1.83 bits per heavy atom. The van der Waals surface area contributed by atoms with Gasteiger partial charge in [-0.15, -0.1) is 0 Å². The van der Waals surface area contributed by atoms with Crippen LogP contribution >= 0.6 is 11.6 Å². The van der Waals surface area contributed by atoms with E-state index in [1.54, 1.807) is 6.07 Å². The molecule has 3 rings (SSSR count). The third-order valence-corrected chi connectivity index (χ3v) is 6.76. The Labute approximate surface area is 171 Å². The number of carbonyl (C=O) groups is 1. The second-order valence-corrected chi connectivity index (χ2v) is 8.74. The van der Waals surface area contributed by atoms with Gasteiger partial charge in [0.1, 0.15) is 5.82 Å². The first-order valence-electron chi connectivity index (χ1n) is 8.69. The molecule has 0 N–H and O–H groups in total. The van der Waals surface area contributed by atoms with Gasteiger partial charge in [-0.3, -0.25) is 14.9 Å². The Morgan fingerprint density at radius 1 is 1.10 bits per heavy atom. The maximum absolute atomic E-state index is 13.9. The lowest BCUT2D eigenvalue weighted by molar-refractivity contribution is -0.387. The zero-order valence-corrected chi connectivity index (χ0v) is 16.7. The Hall–Kier alpha value is -2.56. The summed E-state index contributed by atoms with van der Waals surface area (Å²) >= 11 is 5.76. The van der Waals surface area contributed by atoms with E-state index in [0.29, 0.717) is 6.42 Å². The van der Waals surface area contributed by atoms with E-state index in [2.05, 4.69) is 0 Å². The van der Waals surface area contributed by atoms with Crippen LogP contribution in [0, 0.1) is 15.9 Å². The van der Waals surface area contributed by atoms with Crippen molar-refractivity contribution in [3.05, 3.63) is 69.0 Å². The van der Waals surface area contributed by atoms with E-state index in [0.717, 1.165) is 16.4 Å². The standard InChI is InChI=1S/C18H17ClFN3O5S/c19-13-6-7-17(16(12-13)23(25)26)29(27,28)22-9-3-8-21(10-11-22)18(24)14-4-1-2-5-15(14)20/h1-2,4-7,12H,3,8-11H2. The average Bonchev–Trinajstić information content (AvgIpc) is 2.94. The average molecular weight is 442 g/mol. The molecule has 0 bridgehead atoms. The molecule has 1 fully saturated rings. The van der Waals surface area contributed by atoms with E-state index < -0.39 is 37.3 Å². The summed E-state index contributed by atoms with van der Waals surface area (Å²) in [6.45, 7) is 0.279. The molecule has 0 aliphatic carbocycles. The van der Waals surface area contributed by atoms with Crippen molar-refractivity contribution < 1.29 is 22.5 Å². The topological polar surface area (TPSA) is 101 Å². The summed E-state index contributed by atoms with van der Waals surface area (Å²) in [5.41, 5.74) is -0.696. The predicted molar refractivity (Wildman–Crippen MR) is 104 cm³/mol. The van der Waals surface area contributed by atoms with Crippen molar-refractivity contribution in [2.45, 2.75) is 11.3 Å². The number of nitro benzene ring substituents is 1. The predicted octanol–water partition coefficient (Wildman–Crippen LogP) is 2.92. The Kier molecular flexibility index (Phi) is 6.15. The number of rotatable bonds is 4. The molecule has 0 atom stereocenters. The van der Waals surface area contributed by atoms with Crippen LogP contribution in [0.15, 0.2) is 47.4 Å². The molecule has 2 aromatic rings. The van der Waals surface area contributed by atoms with Crippen molar-refractivity contribution in [3.63, 3.8) is 0 Å². The van der Waals surface area contributed by atoms with Gasteiger partial charge in [0.15, 0.2) is 4.90 Å². The normalized spacial score (nSPS) is 15.7. The second-order valence-electron chi connectivity index (χ2n) is 6.40. The number of halogens is 2. The maximum atomic E-state index is 13.9. The highest BCUT2D eigenvalue weighted by molar-refractivity contribution is 7.89. The van der Waals surface area contributed by atoms with E-state index >= 15 is 0 Å². The molecule has 154 valence electrons. The van der Waals surface area contributed by atoms with Gasteiger partial charge in [0.2, 0.25) is 10.0 Å². The number of carbonyl (C=O) groups excluding carboxylic acids is 1. The first-order valence-corrected chi connectivity index (χ1v) is 10.5. The molecule has 1 amide bonds. The smallest absolute Gasteiger partial charge is 0.290 e. The lowest BCUT2D eigenvalue weighted by Gasteiger charge is -2.22. The van der Waals surface area contributed by atoms with Crippen LogP contribution in [0.4, 0.5) is 10.1 Å². The maximum Gasteiger partial charge on any atom is 0.290 e. The van der Waals surface area contributed by atoms with Crippen molar-refractivity contribution in [1.82, 2.24) is 9.21 Å². The lowest BCUT2D eigenvalue weighted by Crippen LogP contribution is -2.37. The van der Waals surface area contributed by atoms with Crippen molar-refractivity contribution >= 4 is 33.2 Å². The zero-order chi connectivity index (χ0) is 21.2. The molecule has 2 aromatic carbocycles. The van der Waals surface area contributed by atoms with Gasteiger partial charge < -0.3 is 4.90 Å². The molecule has 1 aliphatic heterocycles. The molecular weight excluding hydrogens is 425 g/mol. The largest absolute Gasteiger partial charge is 0.337 e. The highest BCUT2D eigenvalue weighted by Crippen LogP contribution is 2.30. The van der Waals surface area contributed by atoms with Gasteiger partial charge in [-0.1, -0.05) is 23.7 Å². The molecule has 1 aliphatic rings. The van der Waals surface area contributed by atoms with Crippen LogP contribution in [-0.4, -0.2) is 54.6 Å². The van der Waals surface area contributed by atoms with Gasteiger partial charge in [-0.25, -0.2) is 12.8 Å². The van der Waals surface area contributed by atoms with Crippen LogP contribution < -0.4 is 0 Å². The minimum Gasteiger partial charge on any atom is -0.337 e. The zero-order valence-electron chi connectivity index (χ0n) is 15.1. The highest BCUT2D eigenvalue weighted by atomic mass is 35.5. The Balaban J connectivity index is 1.83. The van der Waals surface area contributed by atoms with Crippen LogP contribution in [-0.2, 0) is 10.0 Å². The van der Waals surface area contributed by atoms with E-state index in [9.17, 15) is 27.7 Å². The Bertz CT molecular complexity index is 1060. The number of nitrogens with zero attached hydrogens (tertiary/aromatic N) is 3. The van der Waals surface area contributed by atoms with Crippen LogP contribution in [0.5, 0.6) is 0 Å². The third-order valence-electron chi connectivity index (χ3n) is 4.58. The molecule has 11 heteroatoms. The first-order chi connectivity index (χ1) is 13.7. The summed E-state index contributed by atoms with van der Waals surface area (Å²) < 4.78 is 41.0. The third kappa shape index (κ3) is 4.39. The summed E-state index contributed by atoms with van der Waals surface area (Å²) in [7, 11) is -4.18. The van der Waals surface area contributed by atoms with E-state index in [4.69, 9.17) is 11.6 Å². The second kappa shape index (κ2) is 8.44. The molecule has 0 unspecified atom stereocenters. The number of hydrogen-bond donors (Lipinski definition) is 0. The van der Waals surface area contributed by atoms with Crippen molar-refractivity contribution in [2.24, 2.45) is 0 Å². The lowest BCUT2D eigenvalue weighted by atomic mass is 10.2. The van der Waals surface area contributed by atoms with Crippen molar-refractivity contribution in [3.8, 4) is 0 Å². The van der Waals surface area contributed by atoms with Crippen molar-refractivity contribution in [2.75, 3.05) is 26.2 Å². The fourth-order valence-corrected chi connectivity index (χ4v) is 4.91. The molecule has 0 spiro atoms. The van der Waals surface area contributed by atoms with E-state index in [1.165, 1.54) is 29.2 Å². The molecule has 8 nitrogen and oxygen atoms in total. The van der Waals surface area contributed by atoms with Gasteiger partial charge in [0, 0.05) is 37.3 Å². The fraction of sp³-hybridized carbons (Fsp3) is 0.278. The SMILES string of the molecule is O=C(c1ccccc1F)N1CCCN(S(=O)(=O)c2ccc(Cl)cc2[N+](=O)[O-])CC1. The summed E-state index contributed by atoms with van der Waals surface area (Å²) in [5.74, 6) is -1.18. The molecule has 29 heavy (non-hydrogen) atoms. The fourth-order valence-electron chi connectivity index (χ4n) is 3.13. The summed E-state index contributed by atoms with van der Waals surface area (Å²) in [4.78, 5) is 24.0. The monoisotopic (exact) mass is 441 g/mol. The summed E-state index contributed by atoms with van der Waals surface area (Å²) in [6.07, 6.45) is 0.306. The molecular formula is C18H17ClFN3O5S. The summed E-state index contributed by atoms with van der Waals surface area (Å²) in [6, 6.07) is 8.93. The first kappa shape index (κ1) is 21.2. The van der Waals surface area contributed by atoms with Crippen LogP contribution in [0.25, 0.3) is 0 Å². The minimum atomic E-state index is -4.18. The van der Waals surface area contributed by atoms with Crippen molar-refractivity contribution in [1.29, 1.82) is 0 Å². The van der Waals surface area contributed by atoms with Gasteiger partial charge >= 0.3 is 0 Å². The quantitative estimate of drug-likeness (QED) is 0.536. The van der Waals surface area contributed by atoms with Crippen LogP contribution in [0.2, 0.25) is 5.02 Å². The molecule has 0 saturated carbocycles. The van der Waals surface area contributed by atoms with E-state index in [1.807, 2.05) is 0 Å². The number of amides is 1. The van der Waals surface area contributed by atoms with Gasteiger partial charge in [-0.05, 0) is 30.7 Å². The number of hydrogen-bond acceptors (Lipinski definition) is 5. The summed E-state index contributed by atoms with van der Waals surface area (Å²) in [5, 5.41) is 11.3. The van der Waals surface area contributed by atoms with Gasteiger partial charge in [-0.2, -0.15) is 4.31 Å². The molecule has 0 aromatic heterocycles. The van der Waals surface area contributed by atoms with Crippen LogP contribution in [0.3, 0.4) is 0 Å². The van der Waals surface area contributed by atoms with E-state index in [-0.39, 0.29) is 36.8 Å². The van der Waals surface area contributed by atoms with Gasteiger partial charge in [0.05, 0.1) is 10.5 Å². The molecule has 1 saturated heterocycles. The number of sulfonamides is 1. The molecule has 1 heterocycles. The highest BCUT2D eigenvalue weighted by Gasteiger charge is 2.34. The molecule has 0 radical (unpaired) electrons. The van der Waals surface area contributed by atoms with Gasteiger partial charge in [0.25, 0.3) is 11.6 Å². The number of nitro groups is 1.